The highest BCUT2D eigenvalue weighted by Gasteiger charge is 2.19. The highest BCUT2D eigenvalue weighted by atomic mass is 31.1. The molecule has 3 nitrogen and oxygen atoms in total. The van der Waals surface area contributed by atoms with E-state index in [1.807, 2.05) is 0 Å². The molecule has 1 heterocycles. The van der Waals surface area contributed by atoms with Crippen molar-refractivity contribution in [2.24, 2.45) is 0 Å². The Morgan fingerprint density at radius 3 is 3.00 bits per heavy atom. The Labute approximate surface area is 65.8 Å². The lowest BCUT2D eigenvalue weighted by Gasteiger charge is -1.97. The van der Waals surface area contributed by atoms with Crippen LogP contribution in [-0.2, 0) is 4.57 Å². The van der Waals surface area contributed by atoms with Crippen molar-refractivity contribution in [1.29, 1.82) is 0 Å². The molecule has 4 heteroatoms. The summed E-state index contributed by atoms with van der Waals surface area (Å²) >= 11 is 0. The number of hydrogen-bond acceptors (Lipinski definition) is 3. The van der Waals surface area contributed by atoms with E-state index >= 15 is 0 Å². The topological polar surface area (TPSA) is 50.4 Å². The fourth-order valence-corrected chi connectivity index (χ4v) is 1.48. The summed E-state index contributed by atoms with van der Waals surface area (Å²) in [7, 11) is -1.30. The number of aliphatic hydroxyl groups is 1. The van der Waals surface area contributed by atoms with Crippen LogP contribution in [0, 0.1) is 0 Å². The summed E-state index contributed by atoms with van der Waals surface area (Å²) in [6.45, 7) is 1.58. The first-order chi connectivity index (χ1) is 5.20. The van der Waals surface area contributed by atoms with Crippen LogP contribution in [0.3, 0.4) is 0 Å². The highest BCUT2D eigenvalue weighted by molar-refractivity contribution is 7.43. The number of furan rings is 1. The number of aliphatic hydroxyl groups excluding tert-OH is 1. The minimum atomic E-state index is -1.30. The predicted octanol–water partition coefficient (Wildman–Crippen LogP) is 1.77. The van der Waals surface area contributed by atoms with Gasteiger partial charge in [-0.25, -0.2) is 0 Å². The van der Waals surface area contributed by atoms with Gasteiger partial charge in [0.15, 0.2) is 12.3 Å². The molecule has 1 N–H and O–H groups in total. The fourth-order valence-electron chi connectivity index (χ4n) is 0.814. The quantitative estimate of drug-likeness (QED) is 0.708. The lowest BCUT2D eigenvalue weighted by atomic mass is 10.3. The first-order valence-electron chi connectivity index (χ1n) is 3.30. The SMILES string of the molecule is C[P+](=O)CC(O)c1ccco1. The van der Waals surface area contributed by atoms with Gasteiger partial charge in [-0.1, -0.05) is 4.57 Å². The highest BCUT2D eigenvalue weighted by Crippen LogP contribution is 2.24. The average molecular weight is 173 g/mol. The molecule has 0 fully saturated rings. The van der Waals surface area contributed by atoms with Gasteiger partial charge in [0.1, 0.15) is 12.4 Å². The van der Waals surface area contributed by atoms with Gasteiger partial charge in [-0.05, 0) is 12.1 Å². The zero-order valence-electron chi connectivity index (χ0n) is 6.23. The van der Waals surface area contributed by atoms with E-state index in [1.165, 1.54) is 6.26 Å². The van der Waals surface area contributed by atoms with Gasteiger partial charge in [-0.2, -0.15) is 0 Å². The lowest BCUT2D eigenvalue weighted by molar-refractivity contribution is 0.172. The summed E-state index contributed by atoms with van der Waals surface area (Å²) < 4.78 is 15.6. The van der Waals surface area contributed by atoms with Crippen LogP contribution in [0.25, 0.3) is 0 Å². The van der Waals surface area contributed by atoms with E-state index in [0.717, 1.165) is 0 Å². The molecule has 11 heavy (non-hydrogen) atoms. The van der Waals surface area contributed by atoms with E-state index in [2.05, 4.69) is 0 Å². The minimum Gasteiger partial charge on any atom is -0.466 e. The van der Waals surface area contributed by atoms with Crippen LogP contribution >= 0.6 is 7.80 Å². The normalized spacial score (nSPS) is 14.5. The molecule has 1 rings (SSSR count). The molecule has 0 radical (unpaired) electrons. The Bertz CT molecular complexity index is 230. The monoisotopic (exact) mass is 173 g/mol. The fraction of sp³-hybridized carbons (Fsp3) is 0.429. The van der Waals surface area contributed by atoms with Gasteiger partial charge in [0, 0.05) is 0 Å². The maximum Gasteiger partial charge on any atom is 0.338 e. The standard InChI is InChI=1S/C7H10O3P/c1-11(9)5-6(8)7-3-2-4-10-7/h2-4,6,8H,5H2,1H3/q+1. The summed E-state index contributed by atoms with van der Waals surface area (Å²) in [5, 5.41) is 9.30. The van der Waals surface area contributed by atoms with E-state index in [-0.39, 0.29) is 6.16 Å². The van der Waals surface area contributed by atoms with Crippen LogP contribution < -0.4 is 0 Å². The molecule has 0 spiro atoms. The molecule has 0 aliphatic rings. The molecular weight excluding hydrogens is 163 g/mol. The van der Waals surface area contributed by atoms with Crippen LogP contribution in [0.5, 0.6) is 0 Å². The zero-order chi connectivity index (χ0) is 8.27. The van der Waals surface area contributed by atoms with E-state index in [9.17, 15) is 9.67 Å². The molecule has 1 aromatic heterocycles. The minimum absolute atomic E-state index is 0.267. The predicted molar refractivity (Wildman–Crippen MR) is 42.1 cm³/mol. The Morgan fingerprint density at radius 1 is 1.82 bits per heavy atom. The number of rotatable bonds is 3. The molecule has 0 aliphatic carbocycles. The molecule has 0 aromatic carbocycles. The largest absolute Gasteiger partial charge is 0.466 e. The van der Waals surface area contributed by atoms with Gasteiger partial charge in [0.05, 0.1) is 6.26 Å². The van der Waals surface area contributed by atoms with Crippen LogP contribution in [0.15, 0.2) is 22.8 Å². The second kappa shape index (κ2) is 3.65. The van der Waals surface area contributed by atoms with Gasteiger partial charge in [-0.3, -0.25) is 0 Å². The van der Waals surface area contributed by atoms with Gasteiger partial charge >= 0.3 is 7.80 Å². The third-order valence-corrected chi connectivity index (χ3v) is 2.16. The smallest absolute Gasteiger partial charge is 0.338 e. The molecule has 0 aliphatic heterocycles. The second-order valence-corrected chi connectivity index (χ2v) is 3.96. The van der Waals surface area contributed by atoms with Crippen molar-refractivity contribution in [1.82, 2.24) is 0 Å². The van der Waals surface area contributed by atoms with Crippen LogP contribution in [0.2, 0.25) is 0 Å². The van der Waals surface area contributed by atoms with Crippen molar-refractivity contribution in [3.8, 4) is 0 Å². The first kappa shape index (κ1) is 8.44. The lowest BCUT2D eigenvalue weighted by Crippen LogP contribution is -1.97. The van der Waals surface area contributed by atoms with E-state index in [4.69, 9.17) is 4.42 Å². The zero-order valence-corrected chi connectivity index (χ0v) is 7.12. The molecule has 1 aromatic rings. The number of hydrogen-bond donors (Lipinski definition) is 1. The molecule has 2 atom stereocenters. The van der Waals surface area contributed by atoms with Gasteiger partial charge in [0.25, 0.3) is 0 Å². The third kappa shape index (κ3) is 2.45. The Kier molecular flexibility index (Phi) is 2.80. The summed E-state index contributed by atoms with van der Waals surface area (Å²) in [5.41, 5.74) is 0. The molecule has 2 unspecified atom stereocenters. The van der Waals surface area contributed by atoms with Gasteiger partial charge in [-0.15, -0.1) is 0 Å². The van der Waals surface area contributed by atoms with Crippen molar-refractivity contribution < 1.29 is 14.1 Å². The maximum absolute atomic E-state index is 10.7. The van der Waals surface area contributed by atoms with Crippen LogP contribution in [0.1, 0.15) is 11.9 Å². The molecule has 0 saturated carbocycles. The van der Waals surface area contributed by atoms with E-state index in [1.54, 1.807) is 18.8 Å². The molecule has 0 bridgehead atoms. The van der Waals surface area contributed by atoms with Crippen molar-refractivity contribution in [2.75, 3.05) is 12.8 Å². The van der Waals surface area contributed by atoms with E-state index in [0.29, 0.717) is 5.76 Å². The van der Waals surface area contributed by atoms with Crippen LogP contribution in [-0.4, -0.2) is 17.9 Å². The third-order valence-electron chi connectivity index (χ3n) is 1.30. The first-order valence-corrected chi connectivity index (χ1v) is 5.19. The Morgan fingerprint density at radius 2 is 2.55 bits per heavy atom. The van der Waals surface area contributed by atoms with Gasteiger partial charge < -0.3 is 9.52 Å². The summed E-state index contributed by atoms with van der Waals surface area (Å²) in [6.07, 6.45) is 1.03. The van der Waals surface area contributed by atoms with Crippen molar-refractivity contribution >= 4 is 7.80 Å². The van der Waals surface area contributed by atoms with Crippen molar-refractivity contribution in [2.45, 2.75) is 6.10 Å². The molecular formula is C7H10O3P+. The van der Waals surface area contributed by atoms with Gasteiger partial charge in [0.2, 0.25) is 0 Å². The molecule has 0 saturated heterocycles. The van der Waals surface area contributed by atoms with Crippen molar-refractivity contribution in [3.05, 3.63) is 24.2 Å². The molecule has 0 amide bonds. The Balaban J connectivity index is 2.56. The summed E-state index contributed by atoms with van der Waals surface area (Å²) in [4.78, 5) is 0. The Hall–Kier alpha value is -0.660. The van der Waals surface area contributed by atoms with Crippen LogP contribution in [0.4, 0.5) is 0 Å². The summed E-state index contributed by atoms with van der Waals surface area (Å²) in [6, 6.07) is 3.37. The second-order valence-electron chi connectivity index (χ2n) is 2.34. The maximum atomic E-state index is 10.7. The van der Waals surface area contributed by atoms with Crippen molar-refractivity contribution in [3.63, 3.8) is 0 Å². The molecule has 60 valence electrons. The summed E-state index contributed by atoms with van der Waals surface area (Å²) in [5.74, 6) is 0.482. The average Bonchev–Trinajstić information content (AvgIpc) is 2.35. The van der Waals surface area contributed by atoms with E-state index < -0.39 is 13.9 Å².